The van der Waals surface area contributed by atoms with Gasteiger partial charge in [-0.3, -0.25) is 4.79 Å². The molecule has 0 aromatic carbocycles. The van der Waals surface area contributed by atoms with Crippen LogP contribution < -0.4 is 0 Å². The maximum atomic E-state index is 11.6. The molecule has 88 valence electrons. The number of hydrogen-bond acceptors (Lipinski definition) is 3. The molecular formula is C9H13F3O3. The van der Waals surface area contributed by atoms with E-state index >= 15 is 0 Å². The normalized spacial score (nSPS) is 19.5. The van der Waals surface area contributed by atoms with E-state index in [4.69, 9.17) is 4.74 Å². The topological polar surface area (TPSA) is 35.5 Å². The number of ketones is 1. The fraction of sp³-hybridized carbons (Fsp3) is 0.889. The lowest BCUT2D eigenvalue weighted by Gasteiger charge is -2.21. The van der Waals surface area contributed by atoms with Crippen molar-refractivity contribution in [3.63, 3.8) is 0 Å². The molecule has 0 spiro atoms. The fourth-order valence-electron chi connectivity index (χ4n) is 1.38. The highest BCUT2D eigenvalue weighted by Crippen LogP contribution is 2.18. The number of halogens is 3. The largest absolute Gasteiger partial charge is 0.411 e. The van der Waals surface area contributed by atoms with Crippen LogP contribution in [0.5, 0.6) is 0 Å². The Morgan fingerprint density at radius 3 is 2.40 bits per heavy atom. The zero-order chi connectivity index (χ0) is 11.3. The number of alkyl halides is 3. The molecule has 0 amide bonds. The predicted octanol–water partition coefficient (Wildman–Crippen LogP) is 2.05. The van der Waals surface area contributed by atoms with Gasteiger partial charge in [0.2, 0.25) is 0 Å². The second-order valence-electron chi connectivity index (χ2n) is 3.49. The summed E-state index contributed by atoms with van der Waals surface area (Å²) in [5, 5.41) is 0. The standard InChI is InChI=1S/C9H13F3O3/c10-9(11,12)5-14-6-15-8-3-1-7(13)2-4-8/h8H,1-6H2. The second-order valence-corrected chi connectivity index (χ2v) is 3.49. The molecule has 0 atom stereocenters. The van der Waals surface area contributed by atoms with Crippen molar-refractivity contribution in [3.8, 4) is 0 Å². The van der Waals surface area contributed by atoms with Crippen LogP contribution in [0.1, 0.15) is 25.7 Å². The highest BCUT2D eigenvalue weighted by atomic mass is 19.4. The lowest BCUT2D eigenvalue weighted by molar-refractivity contribution is -0.204. The molecule has 0 saturated heterocycles. The number of hydrogen-bond donors (Lipinski definition) is 0. The Balaban J connectivity index is 2.03. The van der Waals surface area contributed by atoms with Gasteiger partial charge in [0, 0.05) is 12.8 Å². The summed E-state index contributed by atoms with van der Waals surface area (Å²) in [7, 11) is 0. The minimum atomic E-state index is -4.31. The molecule has 0 bridgehead atoms. The molecule has 1 aliphatic rings. The van der Waals surface area contributed by atoms with Crippen LogP contribution in [-0.4, -0.2) is 31.5 Å². The van der Waals surface area contributed by atoms with Crippen molar-refractivity contribution in [1.29, 1.82) is 0 Å². The zero-order valence-electron chi connectivity index (χ0n) is 8.18. The molecule has 6 heteroatoms. The third kappa shape index (κ3) is 5.74. The summed E-state index contributed by atoms with van der Waals surface area (Å²) in [6.45, 7) is -1.66. The smallest absolute Gasteiger partial charge is 0.352 e. The SMILES string of the molecule is O=C1CCC(OCOCC(F)(F)F)CC1. The molecule has 1 fully saturated rings. The summed E-state index contributed by atoms with van der Waals surface area (Å²) in [6.07, 6.45) is -2.40. The minimum absolute atomic E-state index is 0.143. The predicted molar refractivity (Wildman–Crippen MR) is 45.2 cm³/mol. The van der Waals surface area contributed by atoms with Crippen LogP contribution in [0.2, 0.25) is 0 Å². The first-order valence-electron chi connectivity index (χ1n) is 4.75. The molecule has 1 aliphatic carbocycles. The van der Waals surface area contributed by atoms with Gasteiger partial charge in [-0.05, 0) is 12.8 Å². The van der Waals surface area contributed by atoms with E-state index in [0.29, 0.717) is 25.7 Å². The third-order valence-corrected chi connectivity index (χ3v) is 2.14. The van der Waals surface area contributed by atoms with Crippen molar-refractivity contribution in [2.45, 2.75) is 38.0 Å². The average molecular weight is 226 g/mol. The highest BCUT2D eigenvalue weighted by Gasteiger charge is 2.27. The van der Waals surface area contributed by atoms with Gasteiger partial charge >= 0.3 is 6.18 Å². The van der Waals surface area contributed by atoms with E-state index in [1.165, 1.54) is 0 Å². The van der Waals surface area contributed by atoms with E-state index in [0.717, 1.165) is 0 Å². The number of rotatable bonds is 4. The summed E-state index contributed by atoms with van der Waals surface area (Å²) >= 11 is 0. The van der Waals surface area contributed by atoms with E-state index in [1.54, 1.807) is 0 Å². The van der Waals surface area contributed by atoms with Crippen molar-refractivity contribution < 1.29 is 27.4 Å². The molecule has 0 unspecified atom stereocenters. The molecule has 3 nitrogen and oxygen atoms in total. The van der Waals surface area contributed by atoms with Gasteiger partial charge in [0.05, 0.1) is 6.10 Å². The zero-order valence-corrected chi connectivity index (χ0v) is 8.18. The maximum absolute atomic E-state index is 11.6. The van der Waals surface area contributed by atoms with E-state index in [1.807, 2.05) is 0 Å². The van der Waals surface area contributed by atoms with Crippen LogP contribution >= 0.6 is 0 Å². The number of carbonyl (C=O) groups excluding carboxylic acids is 1. The fourth-order valence-corrected chi connectivity index (χ4v) is 1.38. The van der Waals surface area contributed by atoms with Gasteiger partial charge in [0.25, 0.3) is 0 Å². The van der Waals surface area contributed by atoms with E-state index in [-0.39, 0.29) is 18.7 Å². The molecule has 15 heavy (non-hydrogen) atoms. The lowest BCUT2D eigenvalue weighted by Crippen LogP contribution is -2.24. The van der Waals surface area contributed by atoms with Gasteiger partial charge in [-0.25, -0.2) is 0 Å². The van der Waals surface area contributed by atoms with Gasteiger partial charge < -0.3 is 9.47 Å². The molecule has 0 aromatic heterocycles. The van der Waals surface area contributed by atoms with Crippen molar-refractivity contribution >= 4 is 5.78 Å². The summed E-state index contributed by atoms with van der Waals surface area (Å²) in [5.41, 5.74) is 0. The molecule has 0 heterocycles. The van der Waals surface area contributed by atoms with Crippen molar-refractivity contribution in [1.82, 2.24) is 0 Å². The summed E-state index contributed by atoms with van der Waals surface area (Å²) in [6, 6.07) is 0. The van der Waals surface area contributed by atoms with Gasteiger partial charge in [0.1, 0.15) is 19.2 Å². The summed E-state index contributed by atoms with van der Waals surface area (Å²) in [5.74, 6) is 0.186. The quantitative estimate of drug-likeness (QED) is 0.543. The van der Waals surface area contributed by atoms with Crippen molar-refractivity contribution in [3.05, 3.63) is 0 Å². The maximum Gasteiger partial charge on any atom is 0.411 e. The number of ether oxygens (including phenoxy) is 2. The lowest BCUT2D eigenvalue weighted by atomic mass is 9.97. The summed E-state index contributed by atoms with van der Waals surface area (Å²) < 4.78 is 44.3. The third-order valence-electron chi connectivity index (χ3n) is 2.14. The number of Topliss-reactive ketones (excluding diaryl/α,β-unsaturated/α-hetero) is 1. The minimum Gasteiger partial charge on any atom is -0.352 e. The Morgan fingerprint density at radius 1 is 1.27 bits per heavy atom. The first-order chi connectivity index (χ1) is 6.97. The van der Waals surface area contributed by atoms with Crippen molar-refractivity contribution in [2.24, 2.45) is 0 Å². The van der Waals surface area contributed by atoms with Gasteiger partial charge in [-0.1, -0.05) is 0 Å². The second kappa shape index (κ2) is 5.46. The molecule has 1 saturated carbocycles. The highest BCUT2D eigenvalue weighted by molar-refractivity contribution is 5.79. The van der Waals surface area contributed by atoms with E-state index < -0.39 is 12.8 Å². The monoisotopic (exact) mass is 226 g/mol. The van der Waals surface area contributed by atoms with Gasteiger partial charge in [0.15, 0.2) is 0 Å². The molecule has 0 N–H and O–H groups in total. The molecule has 0 aliphatic heterocycles. The Kier molecular flexibility index (Phi) is 4.53. The Bertz CT molecular complexity index is 205. The first-order valence-corrected chi connectivity index (χ1v) is 4.75. The van der Waals surface area contributed by atoms with Gasteiger partial charge in [-0.15, -0.1) is 0 Å². The van der Waals surface area contributed by atoms with Crippen LogP contribution in [-0.2, 0) is 14.3 Å². The Hall–Kier alpha value is -0.620. The number of carbonyl (C=O) groups is 1. The summed E-state index contributed by atoms with van der Waals surface area (Å²) in [4.78, 5) is 10.8. The van der Waals surface area contributed by atoms with Crippen LogP contribution in [0.25, 0.3) is 0 Å². The first kappa shape index (κ1) is 12.4. The van der Waals surface area contributed by atoms with Crippen molar-refractivity contribution in [2.75, 3.05) is 13.4 Å². The molecule has 0 radical (unpaired) electrons. The average Bonchev–Trinajstić information content (AvgIpc) is 2.14. The van der Waals surface area contributed by atoms with E-state index in [2.05, 4.69) is 4.74 Å². The molecular weight excluding hydrogens is 213 g/mol. The van der Waals surface area contributed by atoms with Crippen LogP contribution in [0.3, 0.4) is 0 Å². The Labute approximate surface area is 85.5 Å². The van der Waals surface area contributed by atoms with Crippen LogP contribution in [0.15, 0.2) is 0 Å². The molecule has 0 aromatic rings. The van der Waals surface area contributed by atoms with Gasteiger partial charge in [-0.2, -0.15) is 13.2 Å². The van der Waals surface area contributed by atoms with Crippen LogP contribution in [0, 0.1) is 0 Å². The van der Waals surface area contributed by atoms with Crippen LogP contribution in [0.4, 0.5) is 13.2 Å². The Morgan fingerprint density at radius 2 is 1.87 bits per heavy atom. The molecule has 1 rings (SSSR count). The van der Waals surface area contributed by atoms with E-state index in [9.17, 15) is 18.0 Å².